The van der Waals surface area contributed by atoms with Gasteiger partial charge in [-0.05, 0) is 67.4 Å². The Morgan fingerprint density at radius 2 is 1.33 bits per heavy atom. The van der Waals surface area contributed by atoms with Crippen LogP contribution < -0.4 is 14.4 Å². The fourth-order valence-electron chi connectivity index (χ4n) is 4.31. The summed E-state index contributed by atoms with van der Waals surface area (Å²) in [5, 5.41) is 2.84. The van der Waals surface area contributed by atoms with Crippen molar-refractivity contribution in [3.63, 3.8) is 0 Å². The van der Waals surface area contributed by atoms with Crippen LogP contribution in [-0.4, -0.2) is 44.3 Å². The lowest BCUT2D eigenvalue weighted by atomic mass is 10.1. The van der Waals surface area contributed by atoms with E-state index in [4.69, 9.17) is 4.74 Å². The van der Waals surface area contributed by atoms with Crippen LogP contribution in [0.1, 0.15) is 25.8 Å². The Balaban J connectivity index is 1.67. The molecule has 4 aromatic carbocycles. The van der Waals surface area contributed by atoms with Crippen molar-refractivity contribution in [2.24, 2.45) is 0 Å². The SMILES string of the molecule is CCCNC(=O)C(C)N(Cc1ccccc1)C(=O)CN(c1ccc(Oc2ccccc2)cc1)S(=O)(=O)c1ccccc1. The van der Waals surface area contributed by atoms with Crippen molar-refractivity contribution in [3.05, 3.63) is 121 Å². The van der Waals surface area contributed by atoms with E-state index in [1.807, 2.05) is 67.6 Å². The summed E-state index contributed by atoms with van der Waals surface area (Å²) in [6.07, 6.45) is 0.748. The maximum Gasteiger partial charge on any atom is 0.264 e. The van der Waals surface area contributed by atoms with E-state index < -0.39 is 28.5 Å². The monoisotopic (exact) mass is 585 g/mol. The summed E-state index contributed by atoms with van der Waals surface area (Å²) < 4.78 is 34.8. The minimum absolute atomic E-state index is 0.0470. The zero-order valence-electron chi connectivity index (χ0n) is 23.7. The Hall–Kier alpha value is -4.63. The first-order chi connectivity index (χ1) is 20.3. The lowest BCUT2D eigenvalue weighted by Gasteiger charge is -2.32. The molecule has 4 rings (SSSR count). The van der Waals surface area contributed by atoms with Crippen LogP contribution in [-0.2, 0) is 26.2 Å². The van der Waals surface area contributed by atoms with Crippen molar-refractivity contribution in [2.45, 2.75) is 37.8 Å². The van der Waals surface area contributed by atoms with Crippen molar-refractivity contribution in [2.75, 3.05) is 17.4 Å². The number of amides is 2. The molecule has 0 aromatic heterocycles. The van der Waals surface area contributed by atoms with E-state index in [2.05, 4.69) is 5.32 Å². The van der Waals surface area contributed by atoms with Gasteiger partial charge in [0, 0.05) is 13.1 Å². The first-order valence-electron chi connectivity index (χ1n) is 13.8. The number of anilines is 1. The highest BCUT2D eigenvalue weighted by atomic mass is 32.2. The number of carbonyl (C=O) groups is 2. The predicted molar refractivity (Wildman–Crippen MR) is 164 cm³/mol. The predicted octanol–water partition coefficient (Wildman–Crippen LogP) is 5.62. The van der Waals surface area contributed by atoms with Crippen LogP contribution in [0.25, 0.3) is 0 Å². The van der Waals surface area contributed by atoms with Gasteiger partial charge in [-0.15, -0.1) is 0 Å². The van der Waals surface area contributed by atoms with Gasteiger partial charge in [-0.25, -0.2) is 8.42 Å². The van der Waals surface area contributed by atoms with Gasteiger partial charge in [0.05, 0.1) is 10.6 Å². The molecule has 9 heteroatoms. The average molecular weight is 586 g/mol. The molecule has 0 aliphatic rings. The van der Waals surface area contributed by atoms with Crippen molar-refractivity contribution >= 4 is 27.5 Å². The van der Waals surface area contributed by atoms with Gasteiger partial charge in [0.25, 0.3) is 10.0 Å². The summed E-state index contributed by atoms with van der Waals surface area (Å²) in [6, 6.07) is 32.2. The van der Waals surface area contributed by atoms with Crippen molar-refractivity contribution in [1.82, 2.24) is 10.2 Å². The molecule has 2 amide bonds. The standard InChI is InChI=1S/C33H35N3O5S/c1-3-23-34-33(38)26(2)35(24-27-13-7-4-8-14-27)32(37)25-36(42(39,40)31-17-11-6-12-18-31)28-19-21-30(22-20-28)41-29-15-9-5-10-16-29/h4-22,26H,3,23-25H2,1-2H3,(H,34,38). The highest BCUT2D eigenvalue weighted by Crippen LogP contribution is 2.28. The summed E-state index contributed by atoms with van der Waals surface area (Å²) in [5.74, 6) is 0.337. The number of carbonyl (C=O) groups excluding carboxylic acids is 2. The van der Waals surface area contributed by atoms with E-state index in [1.54, 1.807) is 49.4 Å². The zero-order chi connectivity index (χ0) is 30.0. The van der Waals surface area contributed by atoms with E-state index >= 15 is 0 Å². The Kier molecular flexibility index (Phi) is 10.3. The minimum atomic E-state index is -4.14. The zero-order valence-corrected chi connectivity index (χ0v) is 24.5. The second-order valence-corrected chi connectivity index (χ2v) is 11.6. The maximum atomic E-state index is 14.0. The molecule has 0 bridgehead atoms. The first kappa shape index (κ1) is 30.3. The summed E-state index contributed by atoms with van der Waals surface area (Å²) in [5.41, 5.74) is 1.11. The smallest absolute Gasteiger partial charge is 0.264 e. The summed E-state index contributed by atoms with van der Waals surface area (Å²) >= 11 is 0. The summed E-state index contributed by atoms with van der Waals surface area (Å²) in [7, 11) is -4.14. The minimum Gasteiger partial charge on any atom is -0.457 e. The van der Waals surface area contributed by atoms with E-state index in [1.165, 1.54) is 17.0 Å². The molecule has 1 atom stereocenters. The van der Waals surface area contributed by atoms with Crippen LogP contribution in [0.3, 0.4) is 0 Å². The topological polar surface area (TPSA) is 96.0 Å². The number of para-hydroxylation sites is 1. The number of rotatable bonds is 13. The van der Waals surface area contributed by atoms with Gasteiger partial charge in [-0.2, -0.15) is 0 Å². The number of hydrogen-bond donors (Lipinski definition) is 1. The summed E-state index contributed by atoms with van der Waals surface area (Å²) in [6.45, 7) is 3.71. The Morgan fingerprint density at radius 3 is 1.93 bits per heavy atom. The third-order valence-electron chi connectivity index (χ3n) is 6.63. The molecule has 1 unspecified atom stereocenters. The molecule has 0 heterocycles. The fourth-order valence-corrected chi connectivity index (χ4v) is 5.75. The van der Waals surface area contributed by atoms with E-state index in [-0.39, 0.29) is 23.0 Å². The molecule has 0 aliphatic heterocycles. The molecule has 0 saturated heterocycles. The number of benzene rings is 4. The van der Waals surface area contributed by atoms with E-state index in [0.717, 1.165) is 16.3 Å². The van der Waals surface area contributed by atoms with Crippen LogP contribution >= 0.6 is 0 Å². The number of ether oxygens (including phenoxy) is 1. The van der Waals surface area contributed by atoms with E-state index in [0.29, 0.717) is 18.0 Å². The van der Waals surface area contributed by atoms with Crippen molar-refractivity contribution in [1.29, 1.82) is 0 Å². The van der Waals surface area contributed by atoms with Crippen molar-refractivity contribution < 1.29 is 22.7 Å². The Labute approximate surface area is 247 Å². The second-order valence-electron chi connectivity index (χ2n) is 9.71. The first-order valence-corrected chi connectivity index (χ1v) is 15.3. The molecule has 42 heavy (non-hydrogen) atoms. The highest BCUT2D eigenvalue weighted by molar-refractivity contribution is 7.92. The van der Waals surface area contributed by atoms with Gasteiger partial charge in [-0.3, -0.25) is 13.9 Å². The third kappa shape index (κ3) is 7.76. The van der Waals surface area contributed by atoms with Gasteiger partial charge in [-0.1, -0.05) is 73.7 Å². The quantitative estimate of drug-likeness (QED) is 0.220. The maximum absolute atomic E-state index is 14.0. The Bertz CT molecular complexity index is 1550. The summed E-state index contributed by atoms with van der Waals surface area (Å²) in [4.78, 5) is 28.4. The normalized spacial score (nSPS) is 11.8. The molecule has 0 spiro atoms. The van der Waals surface area contributed by atoms with Crippen LogP contribution in [0, 0.1) is 0 Å². The third-order valence-corrected chi connectivity index (χ3v) is 8.41. The van der Waals surface area contributed by atoms with Crippen LogP contribution in [0.5, 0.6) is 11.5 Å². The molecular formula is C33H35N3O5S. The van der Waals surface area contributed by atoms with Gasteiger partial charge in [0.1, 0.15) is 24.1 Å². The van der Waals surface area contributed by atoms with E-state index in [9.17, 15) is 18.0 Å². The number of sulfonamides is 1. The fraction of sp³-hybridized carbons (Fsp3) is 0.212. The van der Waals surface area contributed by atoms with Crippen LogP contribution in [0.4, 0.5) is 5.69 Å². The number of nitrogens with one attached hydrogen (secondary N) is 1. The molecule has 0 fully saturated rings. The lowest BCUT2D eigenvalue weighted by molar-refractivity contribution is -0.139. The molecule has 0 saturated carbocycles. The molecule has 8 nitrogen and oxygen atoms in total. The molecule has 218 valence electrons. The molecule has 1 N–H and O–H groups in total. The van der Waals surface area contributed by atoms with Gasteiger partial charge in [0.15, 0.2) is 0 Å². The molecular weight excluding hydrogens is 550 g/mol. The molecule has 4 aromatic rings. The number of hydrogen-bond acceptors (Lipinski definition) is 5. The molecule has 0 radical (unpaired) electrons. The average Bonchev–Trinajstić information content (AvgIpc) is 3.02. The Morgan fingerprint density at radius 1 is 0.786 bits per heavy atom. The second kappa shape index (κ2) is 14.3. The van der Waals surface area contributed by atoms with Crippen LogP contribution in [0.2, 0.25) is 0 Å². The largest absolute Gasteiger partial charge is 0.457 e. The van der Waals surface area contributed by atoms with Gasteiger partial charge >= 0.3 is 0 Å². The number of nitrogens with zero attached hydrogens (tertiary/aromatic N) is 2. The highest BCUT2D eigenvalue weighted by Gasteiger charge is 2.32. The van der Waals surface area contributed by atoms with Crippen LogP contribution in [0.15, 0.2) is 120 Å². The van der Waals surface area contributed by atoms with Gasteiger partial charge < -0.3 is 15.0 Å². The van der Waals surface area contributed by atoms with Crippen molar-refractivity contribution in [3.8, 4) is 11.5 Å². The lowest BCUT2D eigenvalue weighted by Crippen LogP contribution is -2.51. The van der Waals surface area contributed by atoms with Gasteiger partial charge in [0.2, 0.25) is 11.8 Å². The molecule has 0 aliphatic carbocycles.